The molecule has 0 fully saturated rings. The summed E-state index contributed by atoms with van der Waals surface area (Å²) in [4.78, 5) is 17.7. The van der Waals surface area contributed by atoms with E-state index in [2.05, 4.69) is 15.3 Å². The molecule has 0 unspecified atom stereocenters. The summed E-state index contributed by atoms with van der Waals surface area (Å²) < 4.78 is 0. The van der Waals surface area contributed by atoms with Crippen molar-refractivity contribution in [3.05, 3.63) is 44.0 Å². The van der Waals surface area contributed by atoms with Gasteiger partial charge in [-0.05, 0) is 28.8 Å². The Morgan fingerprint density at radius 3 is 3.00 bits per heavy atom. The highest BCUT2D eigenvalue weighted by atomic mass is 35.5. The second kappa shape index (κ2) is 5.74. The lowest BCUT2D eigenvalue weighted by Gasteiger charge is -2.05. The van der Waals surface area contributed by atoms with Crippen molar-refractivity contribution in [3.63, 3.8) is 0 Å². The van der Waals surface area contributed by atoms with Crippen LogP contribution in [0.15, 0.2) is 23.2 Å². The zero-order valence-corrected chi connectivity index (χ0v) is 10.7. The van der Waals surface area contributed by atoms with E-state index in [0.717, 1.165) is 6.42 Å². The number of nitrogens with zero attached hydrogens (tertiary/aromatic N) is 3. The third-order valence-electron chi connectivity index (χ3n) is 2.25. The Hall–Kier alpha value is -1.73. The molecular weight excluding hydrogens is 276 g/mol. The normalized spacial score (nSPS) is 10.3. The molecule has 2 heterocycles. The number of hydrogen-bond donors (Lipinski definition) is 1. The third-order valence-corrected chi connectivity index (χ3v) is 3.26. The lowest BCUT2D eigenvalue weighted by atomic mass is 10.2. The number of rotatable bonds is 5. The van der Waals surface area contributed by atoms with Crippen LogP contribution in [0, 0.1) is 10.1 Å². The van der Waals surface area contributed by atoms with E-state index in [0.29, 0.717) is 6.54 Å². The zero-order valence-electron chi connectivity index (χ0n) is 9.17. The minimum atomic E-state index is -0.588. The molecule has 2 aromatic rings. The van der Waals surface area contributed by atoms with Crippen LogP contribution in [0.25, 0.3) is 0 Å². The van der Waals surface area contributed by atoms with Crippen molar-refractivity contribution in [1.29, 1.82) is 0 Å². The lowest BCUT2D eigenvalue weighted by Crippen LogP contribution is -2.09. The summed E-state index contributed by atoms with van der Waals surface area (Å²) in [5.41, 5.74) is 0.889. The maximum atomic E-state index is 10.8. The van der Waals surface area contributed by atoms with E-state index in [9.17, 15) is 10.1 Å². The second-order valence-corrected chi connectivity index (χ2v) is 4.57. The number of anilines is 1. The predicted octanol–water partition coefficient (Wildman–Crippen LogP) is 2.75. The molecule has 0 spiro atoms. The molecule has 0 saturated heterocycles. The second-order valence-electron chi connectivity index (χ2n) is 3.43. The Labute approximate surface area is 112 Å². The molecule has 1 N–H and O–H groups in total. The molecule has 0 aliphatic heterocycles. The van der Waals surface area contributed by atoms with Crippen molar-refractivity contribution in [1.82, 2.24) is 9.97 Å². The van der Waals surface area contributed by atoms with Crippen molar-refractivity contribution in [2.75, 3.05) is 11.9 Å². The van der Waals surface area contributed by atoms with Crippen molar-refractivity contribution in [2.24, 2.45) is 0 Å². The van der Waals surface area contributed by atoms with Gasteiger partial charge in [0.25, 0.3) is 0 Å². The Kier molecular flexibility index (Phi) is 4.06. The SMILES string of the molecule is O=[N+]([O-])c1c(Cl)ncnc1NCCc1ccsc1. The van der Waals surface area contributed by atoms with Gasteiger partial charge in [-0.15, -0.1) is 0 Å². The molecule has 0 bridgehead atoms. The van der Waals surface area contributed by atoms with Gasteiger partial charge in [-0.2, -0.15) is 11.3 Å². The average Bonchev–Trinajstić information content (AvgIpc) is 2.81. The zero-order chi connectivity index (χ0) is 13.0. The highest BCUT2D eigenvalue weighted by Gasteiger charge is 2.20. The van der Waals surface area contributed by atoms with Crippen LogP contribution in [-0.4, -0.2) is 21.4 Å². The molecule has 0 aliphatic rings. The van der Waals surface area contributed by atoms with Crippen molar-refractivity contribution < 1.29 is 4.92 Å². The molecule has 94 valence electrons. The molecule has 6 nitrogen and oxygen atoms in total. The van der Waals surface area contributed by atoms with Gasteiger partial charge in [-0.3, -0.25) is 10.1 Å². The Balaban J connectivity index is 2.05. The maximum Gasteiger partial charge on any atom is 0.348 e. The van der Waals surface area contributed by atoms with E-state index in [1.54, 1.807) is 11.3 Å². The van der Waals surface area contributed by atoms with Crippen LogP contribution in [-0.2, 0) is 6.42 Å². The minimum absolute atomic E-state index is 0.148. The van der Waals surface area contributed by atoms with Crippen molar-refractivity contribution in [3.8, 4) is 0 Å². The van der Waals surface area contributed by atoms with Crippen molar-refractivity contribution in [2.45, 2.75) is 6.42 Å². The van der Waals surface area contributed by atoms with Gasteiger partial charge in [0.15, 0.2) is 0 Å². The lowest BCUT2D eigenvalue weighted by molar-refractivity contribution is -0.384. The van der Waals surface area contributed by atoms with Crippen LogP contribution in [0.1, 0.15) is 5.56 Å². The van der Waals surface area contributed by atoms with E-state index >= 15 is 0 Å². The van der Waals surface area contributed by atoms with Crippen LogP contribution in [0.3, 0.4) is 0 Å². The number of nitrogens with one attached hydrogen (secondary N) is 1. The summed E-state index contributed by atoms with van der Waals surface area (Å²) in [6.45, 7) is 0.547. The van der Waals surface area contributed by atoms with Gasteiger partial charge < -0.3 is 5.32 Å². The third kappa shape index (κ3) is 2.93. The summed E-state index contributed by atoms with van der Waals surface area (Å²) in [7, 11) is 0. The monoisotopic (exact) mass is 284 g/mol. The summed E-state index contributed by atoms with van der Waals surface area (Å²) in [6.07, 6.45) is 1.96. The number of nitro groups is 1. The van der Waals surface area contributed by atoms with Crippen molar-refractivity contribution >= 4 is 34.4 Å². The fraction of sp³-hybridized carbons (Fsp3) is 0.200. The Bertz CT molecular complexity index is 547. The molecule has 18 heavy (non-hydrogen) atoms. The smallest absolute Gasteiger partial charge is 0.348 e. The van der Waals surface area contributed by atoms with E-state index in [1.807, 2.05) is 16.8 Å². The number of aromatic nitrogens is 2. The summed E-state index contributed by atoms with van der Waals surface area (Å²) in [5.74, 6) is 0.148. The molecular formula is C10H9ClN4O2S. The molecule has 0 radical (unpaired) electrons. The predicted molar refractivity (Wildman–Crippen MR) is 70.2 cm³/mol. The van der Waals surface area contributed by atoms with Crippen LogP contribution >= 0.6 is 22.9 Å². The molecule has 0 amide bonds. The van der Waals surface area contributed by atoms with E-state index in [4.69, 9.17) is 11.6 Å². The molecule has 2 rings (SSSR count). The first-order chi connectivity index (χ1) is 8.68. The average molecular weight is 285 g/mol. The van der Waals surface area contributed by atoms with E-state index in [-0.39, 0.29) is 16.7 Å². The first-order valence-corrected chi connectivity index (χ1v) is 6.40. The summed E-state index contributed by atoms with van der Waals surface area (Å²) >= 11 is 7.29. The van der Waals surface area contributed by atoms with Gasteiger partial charge in [-0.25, -0.2) is 9.97 Å². The van der Waals surface area contributed by atoms with Gasteiger partial charge >= 0.3 is 5.69 Å². The minimum Gasteiger partial charge on any atom is -0.364 e. The molecule has 8 heteroatoms. The highest BCUT2D eigenvalue weighted by molar-refractivity contribution is 7.07. The quantitative estimate of drug-likeness (QED) is 0.519. The summed E-state index contributed by atoms with van der Waals surface area (Å²) in [5, 5.41) is 17.6. The number of thiophene rings is 1. The van der Waals surface area contributed by atoms with Gasteiger partial charge in [-0.1, -0.05) is 11.6 Å². The fourth-order valence-electron chi connectivity index (χ4n) is 1.41. The van der Waals surface area contributed by atoms with Gasteiger partial charge in [0.1, 0.15) is 6.33 Å². The topological polar surface area (TPSA) is 81.0 Å². The molecule has 2 aromatic heterocycles. The van der Waals surface area contributed by atoms with Gasteiger partial charge in [0, 0.05) is 6.54 Å². The van der Waals surface area contributed by atoms with Crippen LogP contribution in [0.5, 0.6) is 0 Å². The first-order valence-electron chi connectivity index (χ1n) is 5.08. The molecule has 0 aromatic carbocycles. The van der Waals surface area contributed by atoms with Gasteiger partial charge in [0.05, 0.1) is 4.92 Å². The fourth-order valence-corrected chi connectivity index (χ4v) is 2.31. The Morgan fingerprint density at radius 2 is 2.33 bits per heavy atom. The standard InChI is InChI=1S/C10H9ClN4O2S/c11-9-8(15(16)17)10(14-6-13-9)12-3-1-7-2-4-18-5-7/h2,4-6H,1,3H2,(H,12,13,14). The first kappa shape index (κ1) is 12.7. The van der Waals surface area contributed by atoms with Gasteiger partial charge in [0.2, 0.25) is 11.0 Å². The maximum absolute atomic E-state index is 10.8. The highest BCUT2D eigenvalue weighted by Crippen LogP contribution is 2.28. The molecule has 0 atom stereocenters. The van der Waals surface area contributed by atoms with Crippen LogP contribution in [0.2, 0.25) is 5.15 Å². The molecule has 0 saturated carbocycles. The number of hydrogen-bond acceptors (Lipinski definition) is 6. The number of halogens is 1. The van der Waals surface area contributed by atoms with Crippen LogP contribution in [0.4, 0.5) is 11.5 Å². The Morgan fingerprint density at radius 1 is 1.50 bits per heavy atom. The van der Waals surface area contributed by atoms with E-state index < -0.39 is 4.92 Å². The van der Waals surface area contributed by atoms with E-state index in [1.165, 1.54) is 11.9 Å². The summed E-state index contributed by atoms with van der Waals surface area (Å²) in [6, 6.07) is 2.01. The largest absolute Gasteiger partial charge is 0.364 e. The van der Waals surface area contributed by atoms with Crippen LogP contribution < -0.4 is 5.32 Å². The molecule has 0 aliphatic carbocycles.